The molecule has 1 heterocycles. The average Bonchev–Trinajstić information content (AvgIpc) is 2.45. The summed E-state index contributed by atoms with van der Waals surface area (Å²) in [5.74, 6) is -3.74. The predicted molar refractivity (Wildman–Crippen MR) is 76.8 cm³/mol. The number of alkyl halides is 6. The van der Waals surface area contributed by atoms with Crippen LogP contribution in [0, 0.1) is 5.82 Å². The van der Waals surface area contributed by atoms with Crippen LogP contribution in [-0.4, -0.2) is 49.5 Å². The summed E-state index contributed by atoms with van der Waals surface area (Å²) in [5.41, 5.74) is -3.54. The normalized spacial score (nSPS) is 22.4. The molecule has 26 heavy (non-hydrogen) atoms. The molecule has 0 unspecified atom stereocenters. The van der Waals surface area contributed by atoms with Crippen LogP contribution < -0.4 is 4.90 Å². The number of benzene rings is 1. The molecule has 0 radical (unpaired) electrons. The molecule has 1 fully saturated rings. The molecule has 1 aromatic carbocycles. The largest absolute Gasteiger partial charge is 0.491 e. The summed E-state index contributed by atoms with van der Waals surface area (Å²) in [6.07, 6.45) is -10.0. The Hall–Kier alpha value is -2.04. The fourth-order valence-corrected chi connectivity index (χ4v) is 2.79. The molecule has 2 rings (SSSR count). The topological polar surface area (TPSA) is 32.8 Å². The molecule has 1 aliphatic heterocycles. The number of hydrogen-bond donors (Lipinski definition) is 0. The number of carbonyl (C=O) groups excluding carboxylic acids is 1. The van der Waals surface area contributed by atoms with Crippen LogP contribution in [0.5, 0.6) is 0 Å². The summed E-state index contributed by atoms with van der Waals surface area (Å²) in [6, 6.07) is 1.67. The monoisotopic (exact) mass is 388 g/mol. The van der Waals surface area contributed by atoms with Crippen LogP contribution >= 0.6 is 0 Å². The van der Waals surface area contributed by atoms with Crippen LogP contribution in [0.25, 0.3) is 0 Å². The Kier molecular flexibility index (Phi) is 5.15. The maximum absolute atomic E-state index is 14.3. The van der Waals surface area contributed by atoms with Crippen molar-refractivity contribution in [3.05, 3.63) is 29.6 Å². The maximum Gasteiger partial charge on any atom is 0.491 e. The number of halogens is 7. The number of anilines is 1. The molecule has 1 atom stereocenters. The molecule has 0 saturated carbocycles. The van der Waals surface area contributed by atoms with Gasteiger partial charge in [-0.05, 0) is 32.2 Å². The second-order valence-electron chi connectivity index (χ2n) is 6.12. The number of carbonyl (C=O) groups is 1. The highest BCUT2D eigenvalue weighted by Gasteiger charge is 2.49. The first-order valence-electron chi connectivity index (χ1n) is 7.37. The van der Waals surface area contributed by atoms with Gasteiger partial charge in [0.15, 0.2) is 5.72 Å². The van der Waals surface area contributed by atoms with E-state index in [0.29, 0.717) is 6.07 Å². The zero-order chi connectivity index (χ0) is 19.9. The molecule has 0 aromatic heterocycles. The van der Waals surface area contributed by atoms with Gasteiger partial charge in [-0.1, -0.05) is 0 Å². The van der Waals surface area contributed by atoms with Crippen molar-refractivity contribution in [2.24, 2.45) is 0 Å². The van der Waals surface area contributed by atoms with Crippen LogP contribution in [0.15, 0.2) is 18.2 Å². The van der Waals surface area contributed by atoms with Crippen LogP contribution in [0.3, 0.4) is 0 Å². The number of hydrogen-bond acceptors (Lipinski definition) is 4. The van der Waals surface area contributed by atoms with E-state index in [1.54, 1.807) is 11.9 Å². The smallest absolute Gasteiger partial charge is 0.431 e. The minimum Gasteiger partial charge on any atom is -0.431 e. The van der Waals surface area contributed by atoms with Gasteiger partial charge in [0.25, 0.3) is 0 Å². The first-order valence-corrected chi connectivity index (χ1v) is 7.37. The quantitative estimate of drug-likeness (QED) is 0.574. The number of esters is 1. The Morgan fingerprint density at radius 1 is 1.15 bits per heavy atom. The zero-order valence-corrected chi connectivity index (χ0v) is 13.7. The van der Waals surface area contributed by atoms with E-state index in [0.717, 1.165) is 17.9 Å². The van der Waals surface area contributed by atoms with E-state index < -0.39 is 35.4 Å². The molecule has 0 N–H and O–H groups in total. The van der Waals surface area contributed by atoms with Gasteiger partial charge in [-0.25, -0.2) is 9.18 Å². The van der Waals surface area contributed by atoms with Crippen LogP contribution in [-0.2, 0) is 15.7 Å². The van der Waals surface area contributed by atoms with Crippen molar-refractivity contribution in [2.45, 2.75) is 25.0 Å². The van der Waals surface area contributed by atoms with Crippen molar-refractivity contribution in [3.63, 3.8) is 0 Å². The molecule has 0 spiro atoms. The van der Waals surface area contributed by atoms with Crippen molar-refractivity contribution < 1.29 is 40.3 Å². The van der Waals surface area contributed by atoms with Crippen molar-refractivity contribution in [3.8, 4) is 0 Å². The van der Waals surface area contributed by atoms with Gasteiger partial charge in [0.05, 0.1) is 17.8 Å². The number of nitrogens with zero attached hydrogens (tertiary/aromatic N) is 2. The lowest BCUT2D eigenvalue weighted by Crippen LogP contribution is -2.63. The van der Waals surface area contributed by atoms with Gasteiger partial charge in [0.2, 0.25) is 0 Å². The number of rotatable bonds is 2. The molecule has 1 aliphatic rings. The first-order chi connectivity index (χ1) is 11.7. The molecule has 1 saturated heterocycles. The second kappa shape index (κ2) is 6.60. The third kappa shape index (κ3) is 4.19. The SMILES string of the molecule is CN1CCN(c2ccc(C(F)(F)F)cc2F)[C@@](C)(OC(=O)C(F)(F)F)C1. The molecule has 1 aromatic rings. The highest BCUT2D eigenvalue weighted by atomic mass is 19.4. The van der Waals surface area contributed by atoms with Gasteiger partial charge < -0.3 is 9.64 Å². The fraction of sp³-hybridized carbons (Fsp3) is 0.533. The fourth-order valence-electron chi connectivity index (χ4n) is 2.79. The Labute approximate surface area is 144 Å². The first kappa shape index (κ1) is 20.3. The van der Waals surface area contributed by atoms with Gasteiger partial charge in [-0.15, -0.1) is 0 Å². The Balaban J connectivity index is 2.40. The van der Waals surface area contributed by atoms with E-state index in [9.17, 15) is 35.5 Å². The third-order valence-corrected chi connectivity index (χ3v) is 3.95. The Morgan fingerprint density at radius 2 is 1.77 bits per heavy atom. The van der Waals surface area contributed by atoms with Gasteiger partial charge in [-0.3, -0.25) is 4.90 Å². The van der Waals surface area contributed by atoms with Gasteiger partial charge >= 0.3 is 18.3 Å². The minimum atomic E-state index is -5.26. The standard InChI is InChI=1S/C15H15F7N2O2/c1-13(26-12(25)15(20,21)22)8-23(2)5-6-24(13)11-4-3-9(7-10(11)16)14(17,18)19/h3-4,7H,5-6,8H2,1-2H3/t13-/m0/s1. The summed E-state index contributed by atoms with van der Waals surface area (Å²) < 4.78 is 94.5. The highest BCUT2D eigenvalue weighted by Crippen LogP contribution is 2.36. The van der Waals surface area contributed by atoms with Gasteiger partial charge in [-0.2, -0.15) is 26.3 Å². The predicted octanol–water partition coefficient (Wildman–Crippen LogP) is 3.42. The lowest BCUT2D eigenvalue weighted by Gasteiger charge is -2.48. The van der Waals surface area contributed by atoms with Crippen LogP contribution in [0.1, 0.15) is 12.5 Å². The van der Waals surface area contributed by atoms with Crippen molar-refractivity contribution in [2.75, 3.05) is 31.6 Å². The molecule has 11 heteroatoms. The third-order valence-electron chi connectivity index (χ3n) is 3.95. The lowest BCUT2D eigenvalue weighted by atomic mass is 10.1. The number of ether oxygens (including phenoxy) is 1. The molecular weight excluding hydrogens is 373 g/mol. The van der Waals surface area contributed by atoms with Crippen molar-refractivity contribution in [1.82, 2.24) is 4.90 Å². The molecule has 146 valence electrons. The van der Waals surface area contributed by atoms with E-state index in [1.165, 1.54) is 0 Å². The molecule has 0 bridgehead atoms. The van der Waals surface area contributed by atoms with Crippen molar-refractivity contribution in [1.29, 1.82) is 0 Å². The van der Waals surface area contributed by atoms with Gasteiger partial charge in [0, 0.05) is 13.1 Å². The molecular formula is C15H15F7N2O2. The van der Waals surface area contributed by atoms with E-state index >= 15 is 0 Å². The number of piperazine rings is 1. The van der Waals surface area contributed by atoms with Gasteiger partial charge in [0.1, 0.15) is 5.82 Å². The summed E-state index contributed by atoms with van der Waals surface area (Å²) in [5, 5.41) is 0. The molecule has 0 amide bonds. The van der Waals surface area contributed by atoms with E-state index in [2.05, 4.69) is 4.74 Å². The zero-order valence-electron chi connectivity index (χ0n) is 13.7. The van der Waals surface area contributed by atoms with Crippen LogP contribution in [0.2, 0.25) is 0 Å². The Morgan fingerprint density at radius 3 is 2.27 bits per heavy atom. The average molecular weight is 388 g/mol. The highest BCUT2D eigenvalue weighted by molar-refractivity contribution is 5.76. The molecule has 0 aliphatic carbocycles. The van der Waals surface area contributed by atoms with Crippen LogP contribution in [0.4, 0.5) is 36.4 Å². The van der Waals surface area contributed by atoms with Crippen molar-refractivity contribution >= 4 is 11.7 Å². The second-order valence-corrected chi connectivity index (χ2v) is 6.12. The molecule has 4 nitrogen and oxygen atoms in total. The lowest BCUT2D eigenvalue weighted by molar-refractivity contribution is -0.215. The van der Waals surface area contributed by atoms with E-state index in [-0.39, 0.29) is 31.4 Å². The summed E-state index contributed by atoms with van der Waals surface area (Å²) in [6.45, 7) is 1.17. The Bertz CT molecular complexity index is 690. The number of likely N-dealkylation sites (N-methyl/N-ethyl adjacent to an activating group) is 1. The summed E-state index contributed by atoms with van der Waals surface area (Å²) in [7, 11) is 1.56. The van der Waals surface area contributed by atoms with E-state index in [4.69, 9.17) is 0 Å². The summed E-state index contributed by atoms with van der Waals surface area (Å²) in [4.78, 5) is 13.8. The maximum atomic E-state index is 14.3. The minimum absolute atomic E-state index is 0.0551. The summed E-state index contributed by atoms with van der Waals surface area (Å²) >= 11 is 0. The van der Waals surface area contributed by atoms with E-state index in [1.807, 2.05) is 0 Å².